The summed E-state index contributed by atoms with van der Waals surface area (Å²) in [6.07, 6.45) is -1.09. The number of hydrogen-bond acceptors (Lipinski definition) is 4. The van der Waals surface area contributed by atoms with Crippen LogP contribution in [0.4, 0.5) is 27.6 Å². The number of nitrogens with zero attached hydrogens (tertiary/aromatic N) is 1. The molecule has 5 nitrogen and oxygen atoms in total. The summed E-state index contributed by atoms with van der Waals surface area (Å²) >= 11 is 0. The van der Waals surface area contributed by atoms with Crippen molar-refractivity contribution in [1.82, 2.24) is 0 Å². The van der Waals surface area contributed by atoms with Crippen LogP contribution in [0.3, 0.4) is 0 Å². The van der Waals surface area contributed by atoms with Gasteiger partial charge in [-0.1, -0.05) is 0 Å². The van der Waals surface area contributed by atoms with Crippen LogP contribution in [-0.2, 0) is 22.3 Å². The number of hydrogen-bond donors (Lipinski definition) is 0. The van der Waals surface area contributed by atoms with Gasteiger partial charge in [-0.2, -0.15) is 13.2 Å². The van der Waals surface area contributed by atoms with Crippen LogP contribution in [-0.4, -0.2) is 25.0 Å². The summed E-state index contributed by atoms with van der Waals surface area (Å²) < 4.78 is 80.2. The third-order valence-electron chi connectivity index (χ3n) is 7.66. The maximum absolute atomic E-state index is 14.3. The zero-order valence-corrected chi connectivity index (χ0v) is 23.5. The lowest BCUT2D eigenvalue weighted by Gasteiger charge is -2.28. The van der Waals surface area contributed by atoms with Crippen molar-refractivity contribution >= 4 is 28.7 Å². The van der Waals surface area contributed by atoms with Gasteiger partial charge in [0.1, 0.15) is 24.0 Å². The number of alkyl halides is 3. The van der Waals surface area contributed by atoms with Crippen LogP contribution < -0.4 is 9.64 Å². The van der Waals surface area contributed by atoms with Gasteiger partial charge in [0.2, 0.25) is 5.91 Å². The second kappa shape index (κ2) is 12.6. The molecule has 226 valence electrons. The first-order valence-corrected chi connectivity index (χ1v) is 14.2. The second-order valence-electron chi connectivity index (χ2n) is 10.5. The zero-order chi connectivity index (χ0) is 30.7. The fourth-order valence-electron chi connectivity index (χ4n) is 5.57. The van der Waals surface area contributed by atoms with Crippen LogP contribution in [0.15, 0.2) is 54.6 Å². The minimum absolute atomic E-state index is 0.0471. The van der Waals surface area contributed by atoms with Gasteiger partial charge in [-0.05, 0) is 104 Å². The van der Waals surface area contributed by atoms with E-state index in [2.05, 4.69) is 0 Å². The Labute approximate surface area is 245 Å². The molecule has 3 aromatic rings. The van der Waals surface area contributed by atoms with E-state index >= 15 is 0 Å². The van der Waals surface area contributed by atoms with Crippen LogP contribution in [0.5, 0.6) is 5.75 Å². The van der Waals surface area contributed by atoms with E-state index in [1.54, 1.807) is 30.0 Å². The zero-order valence-electron chi connectivity index (χ0n) is 23.5. The molecule has 1 fully saturated rings. The van der Waals surface area contributed by atoms with Crippen LogP contribution in [0, 0.1) is 11.6 Å². The normalized spacial score (nSPS) is 15.7. The Morgan fingerprint density at radius 2 is 1.70 bits per heavy atom. The van der Waals surface area contributed by atoms with Crippen molar-refractivity contribution in [3.63, 3.8) is 0 Å². The van der Waals surface area contributed by atoms with E-state index in [1.165, 1.54) is 12.1 Å². The number of anilines is 1. The Morgan fingerprint density at radius 1 is 0.907 bits per heavy atom. The number of halogens is 5. The predicted octanol–water partition coefficient (Wildman–Crippen LogP) is 8.35. The summed E-state index contributed by atoms with van der Waals surface area (Å²) in [7, 11) is 0. The summed E-state index contributed by atoms with van der Waals surface area (Å²) in [5.74, 6) is -2.11. The van der Waals surface area contributed by atoms with Gasteiger partial charge in [0.05, 0.1) is 17.7 Å². The molecule has 0 radical (unpaired) electrons. The van der Waals surface area contributed by atoms with E-state index in [4.69, 9.17) is 9.47 Å². The highest BCUT2D eigenvalue weighted by Crippen LogP contribution is 2.45. The molecule has 10 heteroatoms. The smallest absolute Gasteiger partial charge is 0.416 e. The number of piperidine rings is 1. The van der Waals surface area contributed by atoms with E-state index in [0.717, 1.165) is 31.0 Å². The van der Waals surface area contributed by atoms with Gasteiger partial charge >= 0.3 is 12.1 Å². The number of rotatable bonds is 8. The SMILES string of the molecule is CCOC(=O)c1cc(C2=C(c3cc(C(F)(F)F)ccc3OCc3ccc(F)cc3F)CCC2)cc(N2CCCCC2=O)c1. The average Bonchev–Trinajstić information content (AvgIpc) is 3.46. The van der Waals surface area contributed by atoms with E-state index in [-0.39, 0.29) is 41.6 Å². The fraction of sp³-hybridized carbons (Fsp3) is 0.333. The first-order valence-electron chi connectivity index (χ1n) is 14.2. The van der Waals surface area contributed by atoms with Gasteiger partial charge in [-0.15, -0.1) is 0 Å². The molecule has 1 saturated heterocycles. The summed E-state index contributed by atoms with van der Waals surface area (Å²) in [6.45, 7) is 1.99. The summed E-state index contributed by atoms with van der Waals surface area (Å²) in [5, 5.41) is 0. The largest absolute Gasteiger partial charge is 0.488 e. The lowest BCUT2D eigenvalue weighted by Crippen LogP contribution is -2.35. The molecule has 0 atom stereocenters. The minimum Gasteiger partial charge on any atom is -0.488 e. The summed E-state index contributed by atoms with van der Waals surface area (Å²) in [5.41, 5.74) is 2.04. The average molecular weight is 600 g/mol. The third-order valence-corrected chi connectivity index (χ3v) is 7.66. The molecule has 0 aromatic heterocycles. The second-order valence-corrected chi connectivity index (χ2v) is 10.5. The maximum atomic E-state index is 14.3. The Balaban J connectivity index is 1.62. The molecule has 1 aliphatic carbocycles. The van der Waals surface area contributed by atoms with Gasteiger partial charge in [-0.3, -0.25) is 4.79 Å². The van der Waals surface area contributed by atoms with E-state index < -0.39 is 29.3 Å². The molecule has 0 bridgehead atoms. The highest BCUT2D eigenvalue weighted by molar-refractivity contribution is 6.00. The van der Waals surface area contributed by atoms with Gasteiger partial charge < -0.3 is 14.4 Å². The highest BCUT2D eigenvalue weighted by atomic mass is 19.4. The molecular weight excluding hydrogens is 569 g/mol. The van der Waals surface area contributed by atoms with Crippen molar-refractivity contribution < 1.29 is 41.0 Å². The highest BCUT2D eigenvalue weighted by Gasteiger charge is 2.33. The van der Waals surface area contributed by atoms with Gasteiger partial charge in [0.15, 0.2) is 0 Å². The van der Waals surface area contributed by atoms with Gasteiger partial charge in [0, 0.05) is 35.8 Å². The Bertz CT molecular complexity index is 1580. The molecule has 0 saturated carbocycles. The van der Waals surface area contributed by atoms with Crippen molar-refractivity contribution in [2.75, 3.05) is 18.1 Å². The molecule has 5 rings (SSSR count). The lowest BCUT2D eigenvalue weighted by atomic mass is 9.93. The van der Waals surface area contributed by atoms with Crippen molar-refractivity contribution in [2.45, 2.75) is 58.2 Å². The van der Waals surface area contributed by atoms with Crippen LogP contribution >= 0.6 is 0 Å². The van der Waals surface area contributed by atoms with E-state index in [1.807, 2.05) is 0 Å². The molecule has 1 heterocycles. The molecule has 0 N–H and O–H groups in total. The topological polar surface area (TPSA) is 55.8 Å². The number of esters is 1. The van der Waals surface area contributed by atoms with Crippen LogP contribution in [0.1, 0.15) is 78.1 Å². The number of benzene rings is 3. The lowest BCUT2D eigenvalue weighted by molar-refractivity contribution is -0.137. The number of amides is 1. The number of allylic oxidation sites excluding steroid dienone is 2. The third kappa shape index (κ3) is 6.73. The molecule has 43 heavy (non-hydrogen) atoms. The molecule has 3 aromatic carbocycles. The Kier molecular flexibility index (Phi) is 8.84. The quantitative estimate of drug-likeness (QED) is 0.193. The van der Waals surface area contributed by atoms with Crippen LogP contribution in [0.2, 0.25) is 0 Å². The fourth-order valence-corrected chi connectivity index (χ4v) is 5.57. The molecule has 1 amide bonds. The molecular formula is C33H30F5NO4. The number of ether oxygens (including phenoxy) is 2. The molecule has 2 aliphatic rings. The van der Waals surface area contributed by atoms with Crippen molar-refractivity contribution in [3.8, 4) is 5.75 Å². The standard InChI is InChI=1S/C33H30F5NO4/c1-2-42-32(41)22-14-21(15-25(16-22)39-13-4-3-8-31(39)40)26-6-5-7-27(26)28-17-23(33(36,37)38)10-12-30(28)43-19-20-9-11-24(34)18-29(20)35/h9-12,14-18H,2-8,13,19H2,1H3. The first kappa shape index (κ1) is 30.3. The molecule has 0 spiro atoms. The predicted molar refractivity (Wildman–Crippen MR) is 151 cm³/mol. The first-order chi connectivity index (χ1) is 20.5. The Morgan fingerprint density at radius 3 is 2.42 bits per heavy atom. The number of carbonyl (C=O) groups is 2. The van der Waals surface area contributed by atoms with Gasteiger partial charge in [-0.25, -0.2) is 13.6 Å². The minimum atomic E-state index is -4.62. The number of carbonyl (C=O) groups excluding carboxylic acids is 2. The van der Waals surface area contributed by atoms with Crippen molar-refractivity contribution in [3.05, 3.63) is 94.0 Å². The summed E-state index contributed by atoms with van der Waals surface area (Å²) in [6, 6.07) is 11.2. The van der Waals surface area contributed by atoms with Crippen LogP contribution in [0.25, 0.3) is 11.1 Å². The maximum Gasteiger partial charge on any atom is 0.416 e. The summed E-state index contributed by atoms with van der Waals surface area (Å²) in [4.78, 5) is 27.2. The van der Waals surface area contributed by atoms with Crippen molar-refractivity contribution in [2.24, 2.45) is 0 Å². The van der Waals surface area contributed by atoms with E-state index in [0.29, 0.717) is 60.7 Å². The Hall–Kier alpha value is -4.21. The van der Waals surface area contributed by atoms with E-state index in [9.17, 15) is 31.5 Å². The molecule has 1 aliphatic heterocycles. The van der Waals surface area contributed by atoms with Gasteiger partial charge in [0.25, 0.3) is 0 Å². The molecule has 0 unspecified atom stereocenters. The monoisotopic (exact) mass is 599 g/mol. The van der Waals surface area contributed by atoms with Crippen molar-refractivity contribution in [1.29, 1.82) is 0 Å².